The van der Waals surface area contributed by atoms with E-state index in [4.69, 9.17) is 11.6 Å². The molecule has 1 aliphatic heterocycles. The molecule has 1 heterocycles. The first kappa shape index (κ1) is 20.6. The van der Waals surface area contributed by atoms with Gasteiger partial charge in [-0.2, -0.15) is 0 Å². The van der Waals surface area contributed by atoms with Gasteiger partial charge in [-0.1, -0.05) is 35.9 Å². The van der Waals surface area contributed by atoms with Crippen LogP contribution < -0.4 is 16.0 Å². The third-order valence-corrected chi connectivity index (χ3v) is 5.57. The number of thioether (sulfide) groups is 1. The molecule has 2 amide bonds. The molecule has 0 radical (unpaired) electrons. The first-order valence-electron chi connectivity index (χ1n) is 8.90. The van der Waals surface area contributed by atoms with E-state index >= 15 is 0 Å². The van der Waals surface area contributed by atoms with Crippen molar-refractivity contribution in [1.29, 1.82) is 0 Å². The summed E-state index contributed by atoms with van der Waals surface area (Å²) in [5, 5.41) is 9.65. The van der Waals surface area contributed by atoms with Crippen LogP contribution in [0.3, 0.4) is 0 Å². The van der Waals surface area contributed by atoms with Crippen LogP contribution in [0.5, 0.6) is 0 Å². The molecule has 3 N–H and O–H groups in total. The molecule has 2 unspecified atom stereocenters. The molecule has 0 bridgehead atoms. The molecule has 2 aromatic rings. The largest absolute Gasteiger partial charge is 0.352 e. The summed E-state index contributed by atoms with van der Waals surface area (Å²) in [5.41, 5.74) is 1.61. The van der Waals surface area contributed by atoms with E-state index in [2.05, 4.69) is 16.0 Å². The van der Waals surface area contributed by atoms with Crippen LogP contribution in [0.1, 0.15) is 24.0 Å². The van der Waals surface area contributed by atoms with Crippen molar-refractivity contribution >= 4 is 35.2 Å². The summed E-state index contributed by atoms with van der Waals surface area (Å²) in [5.74, 6) is 0.129. The second-order valence-electron chi connectivity index (χ2n) is 6.56. The molecule has 5 nitrogen and oxygen atoms in total. The van der Waals surface area contributed by atoms with Crippen LogP contribution in [0.15, 0.2) is 48.5 Å². The second-order valence-corrected chi connectivity index (χ2v) is 8.09. The topological polar surface area (TPSA) is 70.2 Å². The van der Waals surface area contributed by atoms with Crippen LogP contribution >= 0.6 is 23.4 Å². The van der Waals surface area contributed by atoms with Gasteiger partial charge in [0.15, 0.2) is 0 Å². The number of nitrogens with one attached hydrogen (secondary N) is 3. The fourth-order valence-electron chi connectivity index (χ4n) is 2.87. The van der Waals surface area contributed by atoms with Gasteiger partial charge in [-0.05, 0) is 35.4 Å². The highest BCUT2D eigenvalue weighted by atomic mass is 35.5. The zero-order valence-corrected chi connectivity index (χ0v) is 16.7. The van der Waals surface area contributed by atoms with Crippen LogP contribution in [0.25, 0.3) is 0 Å². The summed E-state index contributed by atoms with van der Waals surface area (Å²) in [7, 11) is 0. The minimum Gasteiger partial charge on any atom is -0.352 e. The summed E-state index contributed by atoms with van der Waals surface area (Å²) in [6.07, 6.45) is 0.445. The Labute approximate surface area is 172 Å². The van der Waals surface area contributed by atoms with Crippen molar-refractivity contribution in [2.75, 3.05) is 0 Å². The van der Waals surface area contributed by atoms with Gasteiger partial charge < -0.3 is 10.6 Å². The van der Waals surface area contributed by atoms with Crippen molar-refractivity contribution in [3.05, 3.63) is 70.5 Å². The molecule has 1 aliphatic rings. The lowest BCUT2D eigenvalue weighted by Crippen LogP contribution is -2.55. The van der Waals surface area contributed by atoms with Gasteiger partial charge in [0.2, 0.25) is 11.8 Å². The van der Waals surface area contributed by atoms with E-state index in [1.165, 1.54) is 23.9 Å². The number of amides is 2. The molecule has 1 saturated heterocycles. The minimum absolute atomic E-state index is 0.0846. The van der Waals surface area contributed by atoms with E-state index in [9.17, 15) is 14.0 Å². The number of carbonyl (C=O) groups excluding carboxylic acids is 2. The number of hydrogen-bond donors (Lipinski definition) is 3. The Morgan fingerprint density at radius 3 is 2.75 bits per heavy atom. The quantitative estimate of drug-likeness (QED) is 0.642. The van der Waals surface area contributed by atoms with Crippen molar-refractivity contribution in [3.63, 3.8) is 0 Å². The maximum Gasteiger partial charge on any atom is 0.223 e. The Morgan fingerprint density at radius 2 is 2.00 bits per heavy atom. The SMILES string of the molecule is O=C(CC1CC(=O)NC(SCc2cccc(Cl)c2)N1)NCc1ccc(F)cc1. The van der Waals surface area contributed by atoms with Gasteiger partial charge in [0, 0.05) is 36.2 Å². The van der Waals surface area contributed by atoms with Crippen LogP contribution in [0.4, 0.5) is 4.39 Å². The highest BCUT2D eigenvalue weighted by Crippen LogP contribution is 2.21. The maximum atomic E-state index is 12.9. The number of halogens is 2. The van der Waals surface area contributed by atoms with E-state index < -0.39 is 0 Å². The summed E-state index contributed by atoms with van der Waals surface area (Å²) >= 11 is 7.53. The van der Waals surface area contributed by atoms with Crippen molar-refractivity contribution < 1.29 is 14.0 Å². The summed E-state index contributed by atoms with van der Waals surface area (Å²) in [6, 6.07) is 13.3. The van der Waals surface area contributed by atoms with Crippen LogP contribution in [-0.4, -0.2) is 23.4 Å². The number of carbonyl (C=O) groups is 2. The average molecular weight is 422 g/mol. The van der Waals surface area contributed by atoms with Crippen LogP contribution in [0, 0.1) is 5.82 Å². The monoisotopic (exact) mass is 421 g/mol. The van der Waals surface area contributed by atoms with Gasteiger partial charge in [-0.25, -0.2) is 4.39 Å². The van der Waals surface area contributed by atoms with Crippen LogP contribution in [0.2, 0.25) is 5.02 Å². The molecule has 0 saturated carbocycles. The molecule has 0 spiro atoms. The fourth-order valence-corrected chi connectivity index (χ4v) is 4.12. The lowest BCUT2D eigenvalue weighted by Gasteiger charge is -2.31. The van der Waals surface area contributed by atoms with E-state index in [1.54, 1.807) is 12.1 Å². The van der Waals surface area contributed by atoms with Gasteiger partial charge >= 0.3 is 0 Å². The first-order chi connectivity index (χ1) is 13.5. The summed E-state index contributed by atoms with van der Waals surface area (Å²) in [4.78, 5) is 24.2. The van der Waals surface area contributed by atoms with Crippen LogP contribution in [-0.2, 0) is 21.9 Å². The van der Waals surface area contributed by atoms with E-state index in [0.29, 0.717) is 17.3 Å². The lowest BCUT2D eigenvalue weighted by atomic mass is 10.1. The average Bonchev–Trinajstić information content (AvgIpc) is 2.66. The van der Waals surface area contributed by atoms with Gasteiger partial charge in [-0.3, -0.25) is 14.9 Å². The number of rotatable bonds is 7. The molecule has 0 aromatic heterocycles. The Balaban J connectivity index is 1.46. The van der Waals surface area contributed by atoms with E-state index in [1.807, 2.05) is 24.3 Å². The van der Waals surface area contributed by atoms with Gasteiger partial charge in [0.25, 0.3) is 0 Å². The standard InChI is InChI=1S/C20H21ClFN3O2S/c21-15-3-1-2-14(8-15)12-28-20-24-17(10-19(27)25-20)9-18(26)23-11-13-4-6-16(22)7-5-13/h1-8,17,20,24H,9-12H2,(H,23,26)(H,25,27). The van der Waals surface area contributed by atoms with Crippen molar-refractivity contribution in [1.82, 2.24) is 16.0 Å². The second kappa shape index (κ2) is 9.91. The van der Waals surface area contributed by atoms with Gasteiger partial charge in [0.05, 0.1) is 0 Å². The third kappa shape index (κ3) is 6.51. The van der Waals surface area contributed by atoms with Gasteiger partial charge in [0.1, 0.15) is 11.3 Å². The molecule has 1 fully saturated rings. The Bertz CT molecular complexity index is 834. The third-order valence-electron chi connectivity index (χ3n) is 4.25. The Kier molecular flexibility index (Phi) is 7.30. The number of benzene rings is 2. The lowest BCUT2D eigenvalue weighted by molar-refractivity contribution is -0.125. The Morgan fingerprint density at radius 1 is 1.21 bits per heavy atom. The molecule has 0 aliphatic carbocycles. The Hall–Kier alpha value is -2.09. The van der Waals surface area contributed by atoms with E-state index in [-0.39, 0.29) is 42.0 Å². The molecular weight excluding hydrogens is 401 g/mol. The van der Waals surface area contributed by atoms with Crippen molar-refractivity contribution in [2.45, 2.75) is 36.7 Å². The molecule has 8 heteroatoms. The predicted octanol–water partition coefficient (Wildman–Crippen LogP) is 3.18. The zero-order chi connectivity index (χ0) is 19.9. The molecular formula is C20H21ClFN3O2S. The smallest absolute Gasteiger partial charge is 0.223 e. The summed E-state index contributed by atoms with van der Waals surface area (Å²) < 4.78 is 12.9. The highest BCUT2D eigenvalue weighted by Gasteiger charge is 2.27. The minimum atomic E-state index is -0.311. The highest BCUT2D eigenvalue weighted by molar-refractivity contribution is 7.99. The first-order valence-corrected chi connectivity index (χ1v) is 10.3. The predicted molar refractivity (Wildman–Crippen MR) is 109 cm³/mol. The molecule has 3 rings (SSSR count). The summed E-state index contributed by atoms with van der Waals surface area (Å²) in [6.45, 7) is 0.324. The fraction of sp³-hybridized carbons (Fsp3) is 0.300. The van der Waals surface area contributed by atoms with Gasteiger partial charge in [-0.15, -0.1) is 11.8 Å². The molecule has 2 atom stereocenters. The number of hydrogen-bond acceptors (Lipinski definition) is 4. The van der Waals surface area contributed by atoms with Crippen molar-refractivity contribution in [2.24, 2.45) is 0 Å². The molecule has 2 aromatic carbocycles. The normalized spacial score (nSPS) is 19.1. The van der Waals surface area contributed by atoms with Crippen molar-refractivity contribution in [3.8, 4) is 0 Å². The molecule has 28 heavy (non-hydrogen) atoms. The maximum absolute atomic E-state index is 12.9. The zero-order valence-electron chi connectivity index (χ0n) is 15.1. The molecule has 148 valence electrons. The van der Waals surface area contributed by atoms with E-state index in [0.717, 1.165) is 11.1 Å².